The number of anilines is 1. The van der Waals surface area contributed by atoms with E-state index >= 15 is 0 Å². The van der Waals surface area contributed by atoms with Crippen molar-refractivity contribution in [2.45, 2.75) is 45.4 Å². The van der Waals surface area contributed by atoms with Crippen LogP contribution in [0, 0.1) is 13.8 Å². The molecule has 1 unspecified atom stereocenters. The molecular weight excluding hydrogens is 370 g/mol. The molecule has 3 aromatic carbocycles. The van der Waals surface area contributed by atoms with Crippen LogP contribution in [0.15, 0.2) is 71.9 Å². The van der Waals surface area contributed by atoms with Crippen LogP contribution in [0.5, 0.6) is 0 Å². The molecule has 0 saturated carbocycles. The number of rotatable bonds is 2. The van der Waals surface area contributed by atoms with Gasteiger partial charge in [-0.2, -0.15) is 0 Å². The molecule has 0 fully saturated rings. The van der Waals surface area contributed by atoms with Gasteiger partial charge in [0.2, 0.25) is 5.91 Å². The Hall–Kier alpha value is -3.20. The van der Waals surface area contributed by atoms with Crippen molar-refractivity contribution in [3.8, 4) is 0 Å². The minimum Gasteiger partial charge on any atom is -0.294 e. The van der Waals surface area contributed by atoms with E-state index < -0.39 is 0 Å². The number of benzene rings is 3. The molecule has 1 aliphatic heterocycles. The van der Waals surface area contributed by atoms with E-state index in [-0.39, 0.29) is 17.6 Å². The number of hydrogen-bond donors (Lipinski definition) is 0. The standard InChI is InChI=1S/C27H25NO2/c1-17-13-14-18(2)24(15-17)28-23-11-6-12-25(29)27(23)22(16-26(28)30)21-10-5-8-19-7-3-4-9-20(19)21/h3-5,7-10,13-15,22H,6,11-12,16H2,1-2H3. The molecule has 3 heteroatoms. The van der Waals surface area contributed by atoms with Crippen molar-refractivity contribution in [2.75, 3.05) is 4.90 Å². The first-order valence-electron chi connectivity index (χ1n) is 10.7. The van der Waals surface area contributed by atoms with Crippen molar-refractivity contribution in [3.63, 3.8) is 0 Å². The normalized spacial score (nSPS) is 19.4. The lowest BCUT2D eigenvalue weighted by Crippen LogP contribution is -2.41. The van der Waals surface area contributed by atoms with Gasteiger partial charge < -0.3 is 0 Å². The Bertz CT molecular complexity index is 1220. The van der Waals surface area contributed by atoms with Gasteiger partial charge >= 0.3 is 0 Å². The van der Waals surface area contributed by atoms with Gasteiger partial charge in [-0.3, -0.25) is 14.5 Å². The van der Waals surface area contributed by atoms with Gasteiger partial charge in [-0.1, -0.05) is 54.6 Å². The molecule has 0 bridgehead atoms. The highest BCUT2D eigenvalue weighted by atomic mass is 16.2. The van der Waals surface area contributed by atoms with E-state index in [4.69, 9.17) is 0 Å². The van der Waals surface area contributed by atoms with Crippen molar-refractivity contribution >= 4 is 28.2 Å². The fourth-order valence-electron chi connectivity index (χ4n) is 5.05. The molecule has 2 aliphatic rings. The minimum absolute atomic E-state index is 0.0788. The Morgan fingerprint density at radius 3 is 2.57 bits per heavy atom. The molecule has 1 aliphatic carbocycles. The second kappa shape index (κ2) is 7.24. The molecular formula is C27H25NO2. The number of Topliss-reactive ketones (excluding diaryl/α,β-unsaturated/α-hetero) is 1. The predicted octanol–water partition coefficient (Wildman–Crippen LogP) is 5.98. The van der Waals surface area contributed by atoms with Crippen molar-refractivity contribution in [2.24, 2.45) is 0 Å². The van der Waals surface area contributed by atoms with E-state index in [9.17, 15) is 9.59 Å². The predicted molar refractivity (Wildman–Crippen MR) is 121 cm³/mol. The molecule has 3 nitrogen and oxygen atoms in total. The number of nitrogens with zero attached hydrogens (tertiary/aromatic N) is 1. The van der Waals surface area contributed by atoms with Gasteiger partial charge in [0.15, 0.2) is 5.78 Å². The Balaban J connectivity index is 1.73. The zero-order chi connectivity index (χ0) is 20.8. The van der Waals surface area contributed by atoms with Crippen LogP contribution in [0.4, 0.5) is 5.69 Å². The van der Waals surface area contributed by atoms with Crippen LogP contribution >= 0.6 is 0 Å². The molecule has 5 rings (SSSR count). The summed E-state index contributed by atoms with van der Waals surface area (Å²) in [5.41, 5.74) is 5.93. The van der Waals surface area contributed by atoms with Gasteiger partial charge in [0.05, 0.1) is 5.69 Å². The maximum Gasteiger partial charge on any atom is 0.232 e. The summed E-state index contributed by atoms with van der Waals surface area (Å²) in [6.45, 7) is 4.07. The molecule has 0 saturated heterocycles. The van der Waals surface area contributed by atoms with Crippen LogP contribution in [0.25, 0.3) is 10.8 Å². The van der Waals surface area contributed by atoms with E-state index in [0.717, 1.165) is 57.3 Å². The molecule has 3 aromatic rings. The van der Waals surface area contributed by atoms with Crippen molar-refractivity contribution in [1.29, 1.82) is 0 Å². The van der Waals surface area contributed by atoms with Crippen LogP contribution in [-0.4, -0.2) is 11.7 Å². The second-order valence-electron chi connectivity index (χ2n) is 8.48. The Labute approximate surface area is 177 Å². The SMILES string of the molecule is Cc1ccc(C)c(N2C(=O)CC(c3cccc4ccccc34)C3=C2CCCC3=O)c1. The van der Waals surface area contributed by atoms with E-state index in [1.165, 1.54) is 0 Å². The van der Waals surface area contributed by atoms with Gasteiger partial charge in [-0.25, -0.2) is 0 Å². The summed E-state index contributed by atoms with van der Waals surface area (Å²) in [4.78, 5) is 28.6. The number of aryl methyl sites for hydroxylation is 2. The first-order valence-corrected chi connectivity index (χ1v) is 10.7. The minimum atomic E-state index is -0.173. The number of carbonyl (C=O) groups excluding carboxylic acids is 2. The average Bonchev–Trinajstić information content (AvgIpc) is 2.75. The summed E-state index contributed by atoms with van der Waals surface area (Å²) in [6, 6.07) is 20.6. The van der Waals surface area contributed by atoms with Gasteiger partial charge in [-0.05, 0) is 60.2 Å². The molecule has 0 aromatic heterocycles. The first-order chi connectivity index (χ1) is 14.5. The van der Waals surface area contributed by atoms with Crippen molar-refractivity contribution in [3.05, 3.63) is 88.6 Å². The van der Waals surface area contributed by atoms with E-state index in [0.29, 0.717) is 12.8 Å². The summed E-state index contributed by atoms with van der Waals surface area (Å²) < 4.78 is 0. The third-order valence-corrected chi connectivity index (χ3v) is 6.48. The number of amides is 1. The van der Waals surface area contributed by atoms with Crippen LogP contribution in [-0.2, 0) is 9.59 Å². The summed E-state index contributed by atoms with van der Waals surface area (Å²) in [5, 5.41) is 2.27. The Morgan fingerprint density at radius 1 is 0.900 bits per heavy atom. The van der Waals surface area contributed by atoms with Gasteiger partial charge in [0, 0.05) is 30.0 Å². The molecule has 1 amide bonds. The number of carbonyl (C=O) groups is 2. The Morgan fingerprint density at radius 2 is 1.70 bits per heavy atom. The molecule has 30 heavy (non-hydrogen) atoms. The quantitative estimate of drug-likeness (QED) is 0.535. The smallest absolute Gasteiger partial charge is 0.232 e. The first kappa shape index (κ1) is 18.8. The molecule has 0 spiro atoms. The highest BCUT2D eigenvalue weighted by molar-refractivity contribution is 6.08. The van der Waals surface area contributed by atoms with E-state index in [2.05, 4.69) is 42.5 Å². The molecule has 0 N–H and O–H groups in total. The maximum absolute atomic E-state index is 13.5. The molecule has 1 heterocycles. The lowest BCUT2D eigenvalue weighted by atomic mass is 9.76. The number of allylic oxidation sites excluding steroid dienone is 2. The molecule has 1 atom stereocenters. The van der Waals surface area contributed by atoms with Gasteiger partial charge in [0.25, 0.3) is 0 Å². The van der Waals surface area contributed by atoms with Crippen LogP contribution in [0.2, 0.25) is 0 Å². The zero-order valence-electron chi connectivity index (χ0n) is 17.4. The van der Waals surface area contributed by atoms with E-state index in [1.807, 2.05) is 36.9 Å². The number of ketones is 1. The highest BCUT2D eigenvalue weighted by Crippen LogP contribution is 2.45. The van der Waals surface area contributed by atoms with Gasteiger partial charge in [0.1, 0.15) is 0 Å². The van der Waals surface area contributed by atoms with Gasteiger partial charge in [-0.15, -0.1) is 0 Å². The second-order valence-corrected chi connectivity index (χ2v) is 8.48. The van der Waals surface area contributed by atoms with E-state index in [1.54, 1.807) is 0 Å². The van der Waals surface area contributed by atoms with Crippen LogP contribution in [0.3, 0.4) is 0 Å². The highest BCUT2D eigenvalue weighted by Gasteiger charge is 2.40. The Kier molecular flexibility index (Phi) is 4.54. The zero-order valence-corrected chi connectivity index (χ0v) is 17.4. The largest absolute Gasteiger partial charge is 0.294 e. The average molecular weight is 396 g/mol. The summed E-state index contributed by atoms with van der Waals surface area (Å²) in [6.07, 6.45) is 2.46. The van der Waals surface area contributed by atoms with Crippen molar-refractivity contribution < 1.29 is 9.59 Å². The fourth-order valence-corrected chi connectivity index (χ4v) is 5.05. The lowest BCUT2D eigenvalue weighted by molar-refractivity contribution is -0.119. The monoisotopic (exact) mass is 395 g/mol. The molecule has 0 radical (unpaired) electrons. The lowest BCUT2D eigenvalue weighted by Gasteiger charge is -2.39. The third kappa shape index (κ3) is 2.97. The summed E-state index contributed by atoms with van der Waals surface area (Å²) >= 11 is 0. The number of hydrogen-bond acceptors (Lipinski definition) is 2. The van der Waals surface area contributed by atoms with Crippen LogP contribution in [0.1, 0.15) is 48.3 Å². The topological polar surface area (TPSA) is 37.4 Å². The third-order valence-electron chi connectivity index (χ3n) is 6.48. The summed E-state index contributed by atoms with van der Waals surface area (Å²) in [5.74, 6) is 0.0971. The van der Waals surface area contributed by atoms with Crippen LogP contribution < -0.4 is 4.90 Å². The maximum atomic E-state index is 13.5. The number of fused-ring (bicyclic) bond motifs is 1. The fraction of sp³-hybridized carbons (Fsp3) is 0.259. The summed E-state index contributed by atoms with van der Waals surface area (Å²) in [7, 11) is 0. The van der Waals surface area contributed by atoms with Crippen molar-refractivity contribution in [1.82, 2.24) is 0 Å². The molecule has 150 valence electrons.